The molecule has 0 atom stereocenters. The SMILES string of the molecule is COc1cc2c(cc1NC(=O)C[NH+]1CCOCC1)oc1ccccc12. The van der Waals surface area contributed by atoms with Crippen molar-refractivity contribution < 1.29 is 23.6 Å². The molecule has 6 nitrogen and oxygen atoms in total. The maximum absolute atomic E-state index is 12.4. The first-order valence-corrected chi connectivity index (χ1v) is 8.45. The van der Waals surface area contributed by atoms with Gasteiger partial charge in [-0.05, 0) is 12.1 Å². The van der Waals surface area contributed by atoms with Gasteiger partial charge >= 0.3 is 0 Å². The number of hydrogen-bond donors (Lipinski definition) is 2. The standard InChI is InChI=1S/C19H20N2O4/c1-23-18-10-14-13-4-2-3-5-16(13)25-17(14)11-15(18)20-19(22)12-21-6-8-24-9-7-21/h2-5,10-11H,6-9,12H2,1H3,(H,20,22)/p+1. The van der Waals surface area contributed by atoms with Crippen molar-refractivity contribution in [3.63, 3.8) is 0 Å². The quantitative estimate of drug-likeness (QED) is 0.754. The Kier molecular flexibility index (Phi) is 4.29. The average Bonchev–Trinajstić information content (AvgIpc) is 2.99. The third-order valence-electron chi connectivity index (χ3n) is 4.58. The van der Waals surface area contributed by atoms with Crippen LogP contribution in [0.4, 0.5) is 5.69 Å². The largest absolute Gasteiger partial charge is 0.495 e. The van der Waals surface area contributed by atoms with Gasteiger partial charge in [-0.2, -0.15) is 0 Å². The number of carbonyl (C=O) groups excluding carboxylic acids is 1. The molecule has 1 saturated heterocycles. The van der Waals surface area contributed by atoms with Gasteiger partial charge in [-0.15, -0.1) is 0 Å². The summed E-state index contributed by atoms with van der Waals surface area (Å²) < 4.78 is 16.7. The fraction of sp³-hybridized carbons (Fsp3) is 0.316. The van der Waals surface area contributed by atoms with Gasteiger partial charge in [0.05, 0.1) is 26.0 Å². The number of fused-ring (bicyclic) bond motifs is 3. The molecule has 1 aliphatic rings. The number of furan rings is 1. The number of carbonyl (C=O) groups is 1. The fourth-order valence-electron chi connectivity index (χ4n) is 3.28. The van der Waals surface area contributed by atoms with Crippen LogP contribution in [0.3, 0.4) is 0 Å². The average molecular weight is 341 g/mol. The van der Waals surface area contributed by atoms with E-state index in [-0.39, 0.29) is 5.91 Å². The molecule has 0 unspecified atom stereocenters. The molecule has 25 heavy (non-hydrogen) atoms. The molecule has 2 aromatic carbocycles. The molecule has 1 aromatic heterocycles. The van der Waals surface area contributed by atoms with Crippen LogP contribution in [-0.4, -0.2) is 45.9 Å². The third kappa shape index (κ3) is 3.18. The Morgan fingerprint density at radius 3 is 2.76 bits per heavy atom. The van der Waals surface area contributed by atoms with Crippen LogP contribution in [0.1, 0.15) is 0 Å². The number of hydrogen-bond acceptors (Lipinski definition) is 4. The summed E-state index contributed by atoms with van der Waals surface area (Å²) in [6.07, 6.45) is 0. The number of morpholine rings is 1. The van der Waals surface area contributed by atoms with E-state index < -0.39 is 0 Å². The number of quaternary nitrogens is 1. The molecule has 2 N–H and O–H groups in total. The van der Waals surface area contributed by atoms with Crippen LogP contribution in [0.25, 0.3) is 21.9 Å². The molecule has 130 valence electrons. The second kappa shape index (κ2) is 6.74. The van der Waals surface area contributed by atoms with E-state index >= 15 is 0 Å². The minimum atomic E-state index is -0.0364. The van der Waals surface area contributed by atoms with Crippen molar-refractivity contribution in [3.8, 4) is 5.75 Å². The molecule has 4 rings (SSSR count). The van der Waals surface area contributed by atoms with Crippen LogP contribution in [0.15, 0.2) is 40.8 Å². The highest BCUT2D eigenvalue weighted by Crippen LogP contribution is 2.36. The molecule has 0 aliphatic carbocycles. The molecule has 1 amide bonds. The summed E-state index contributed by atoms with van der Waals surface area (Å²) in [5.41, 5.74) is 2.18. The Morgan fingerprint density at radius 1 is 1.16 bits per heavy atom. The lowest BCUT2D eigenvalue weighted by Gasteiger charge is -2.23. The minimum absolute atomic E-state index is 0.0364. The van der Waals surface area contributed by atoms with E-state index in [0.29, 0.717) is 31.2 Å². The monoisotopic (exact) mass is 341 g/mol. The normalized spacial score (nSPS) is 15.6. The van der Waals surface area contributed by atoms with Crippen LogP contribution in [0, 0.1) is 0 Å². The van der Waals surface area contributed by atoms with Gasteiger partial charge in [0.15, 0.2) is 6.54 Å². The van der Waals surface area contributed by atoms with Gasteiger partial charge in [0.25, 0.3) is 5.91 Å². The molecule has 6 heteroatoms. The summed E-state index contributed by atoms with van der Waals surface area (Å²) in [5.74, 6) is 0.593. The fourth-order valence-corrected chi connectivity index (χ4v) is 3.28. The summed E-state index contributed by atoms with van der Waals surface area (Å²) in [4.78, 5) is 13.6. The number of nitrogens with one attached hydrogen (secondary N) is 2. The zero-order valence-electron chi connectivity index (χ0n) is 14.1. The van der Waals surface area contributed by atoms with E-state index in [2.05, 4.69) is 5.32 Å². The van der Waals surface area contributed by atoms with Gasteiger partial charge in [-0.25, -0.2) is 0 Å². The predicted octanol–water partition coefficient (Wildman–Crippen LogP) is 1.45. The van der Waals surface area contributed by atoms with Gasteiger partial charge < -0.3 is 24.1 Å². The Labute approximate surface area is 145 Å². The zero-order chi connectivity index (χ0) is 17.2. The molecular formula is C19H21N2O4+. The highest BCUT2D eigenvalue weighted by atomic mass is 16.5. The van der Waals surface area contributed by atoms with Crippen LogP contribution < -0.4 is 15.0 Å². The summed E-state index contributed by atoms with van der Waals surface area (Å²) >= 11 is 0. The zero-order valence-corrected chi connectivity index (χ0v) is 14.1. The maximum atomic E-state index is 12.4. The van der Waals surface area contributed by atoms with E-state index in [9.17, 15) is 4.79 Å². The van der Waals surface area contributed by atoms with E-state index in [0.717, 1.165) is 35.0 Å². The lowest BCUT2D eigenvalue weighted by molar-refractivity contribution is -0.899. The number of methoxy groups -OCH3 is 1. The van der Waals surface area contributed by atoms with Crippen molar-refractivity contribution in [3.05, 3.63) is 36.4 Å². The molecule has 2 heterocycles. The van der Waals surface area contributed by atoms with Crippen LogP contribution in [0.5, 0.6) is 5.75 Å². The Balaban J connectivity index is 1.61. The van der Waals surface area contributed by atoms with Gasteiger partial charge in [0, 0.05) is 16.8 Å². The molecule has 0 bridgehead atoms. The topological polar surface area (TPSA) is 65.1 Å². The van der Waals surface area contributed by atoms with Crippen molar-refractivity contribution in [2.75, 3.05) is 45.3 Å². The molecule has 0 spiro atoms. The van der Waals surface area contributed by atoms with Crippen molar-refractivity contribution in [1.29, 1.82) is 0 Å². The lowest BCUT2D eigenvalue weighted by Crippen LogP contribution is -3.15. The summed E-state index contributed by atoms with van der Waals surface area (Å²) in [6.45, 7) is 3.54. The van der Waals surface area contributed by atoms with Crippen LogP contribution >= 0.6 is 0 Å². The Bertz CT molecular complexity index is 912. The van der Waals surface area contributed by atoms with Crippen molar-refractivity contribution in [1.82, 2.24) is 0 Å². The Hall–Kier alpha value is -2.57. The van der Waals surface area contributed by atoms with E-state index in [1.54, 1.807) is 7.11 Å². The van der Waals surface area contributed by atoms with Gasteiger partial charge in [0.1, 0.15) is 30.0 Å². The molecule has 1 aliphatic heterocycles. The number of rotatable bonds is 4. The molecule has 3 aromatic rings. The van der Waals surface area contributed by atoms with Gasteiger partial charge in [0.2, 0.25) is 0 Å². The van der Waals surface area contributed by atoms with E-state index in [1.807, 2.05) is 36.4 Å². The second-order valence-electron chi connectivity index (χ2n) is 6.23. The number of amides is 1. The summed E-state index contributed by atoms with van der Waals surface area (Å²) in [5, 5.41) is 4.97. The highest BCUT2D eigenvalue weighted by Gasteiger charge is 2.19. The number of ether oxygens (including phenoxy) is 2. The number of para-hydroxylation sites is 1. The number of benzene rings is 2. The molecular weight excluding hydrogens is 320 g/mol. The Morgan fingerprint density at radius 2 is 1.96 bits per heavy atom. The molecule has 0 saturated carbocycles. The third-order valence-corrected chi connectivity index (χ3v) is 4.58. The second-order valence-corrected chi connectivity index (χ2v) is 6.23. The maximum Gasteiger partial charge on any atom is 0.279 e. The van der Waals surface area contributed by atoms with Crippen molar-refractivity contribution >= 4 is 33.5 Å². The number of anilines is 1. The van der Waals surface area contributed by atoms with Crippen LogP contribution in [-0.2, 0) is 9.53 Å². The smallest absolute Gasteiger partial charge is 0.279 e. The predicted molar refractivity (Wildman–Crippen MR) is 95.3 cm³/mol. The van der Waals surface area contributed by atoms with Crippen molar-refractivity contribution in [2.45, 2.75) is 0 Å². The highest BCUT2D eigenvalue weighted by molar-refractivity contribution is 6.07. The van der Waals surface area contributed by atoms with E-state index in [1.165, 1.54) is 4.90 Å². The summed E-state index contributed by atoms with van der Waals surface area (Å²) in [7, 11) is 1.60. The van der Waals surface area contributed by atoms with Crippen molar-refractivity contribution in [2.24, 2.45) is 0 Å². The summed E-state index contributed by atoms with van der Waals surface area (Å²) in [6, 6.07) is 11.6. The molecule has 1 fully saturated rings. The van der Waals surface area contributed by atoms with Gasteiger partial charge in [-0.1, -0.05) is 18.2 Å². The first-order valence-electron chi connectivity index (χ1n) is 8.45. The van der Waals surface area contributed by atoms with Gasteiger partial charge in [-0.3, -0.25) is 4.79 Å². The first-order chi connectivity index (χ1) is 12.2. The minimum Gasteiger partial charge on any atom is -0.495 e. The first kappa shape index (κ1) is 15.9. The molecule has 0 radical (unpaired) electrons. The lowest BCUT2D eigenvalue weighted by atomic mass is 10.1. The van der Waals surface area contributed by atoms with Crippen LogP contribution in [0.2, 0.25) is 0 Å². The van der Waals surface area contributed by atoms with E-state index in [4.69, 9.17) is 13.9 Å².